The Morgan fingerprint density at radius 1 is 1.16 bits per heavy atom. The van der Waals surface area contributed by atoms with Crippen LogP contribution < -0.4 is 5.32 Å². The lowest BCUT2D eigenvalue weighted by Crippen LogP contribution is -2.07. The van der Waals surface area contributed by atoms with Crippen LogP contribution >= 0.6 is 0 Å². The molecule has 0 fully saturated rings. The van der Waals surface area contributed by atoms with Gasteiger partial charge in [-0.05, 0) is 42.2 Å². The van der Waals surface area contributed by atoms with E-state index < -0.39 is 0 Å². The first kappa shape index (κ1) is 13.7. The highest BCUT2D eigenvalue weighted by Gasteiger charge is 2.02. The predicted molar refractivity (Wildman–Crippen MR) is 82.6 cm³/mol. The molecular formula is C17H24N2. The monoisotopic (exact) mass is 256 g/mol. The Labute approximate surface area is 116 Å². The molecule has 1 aromatic carbocycles. The van der Waals surface area contributed by atoms with Crippen molar-refractivity contribution in [1.82, 2.24) is 4.57 Å². The first-order valence-electron chi connectivity index (χ1n) is 7.18. The molecule has 19 heavy (non-hydrogen) atoms. The average molecular weight is 256 g/mol. The Morgan fingerprint density at radius 3 is 2.74 bits per heavy atom. The number of aromatic nitrogens is 1. The van der Waals surface area contributed by atoms with E-state index in [4.69, 9.17) is 0 Å². The van der Waals surface area contributed by atoms with Crippen molar-refractivity contribution in [1.29, 1.82) is 0 Å². The number of anilines is 1. The first-order valence-corrected chi connectivity index (χ1v) is 7.18. The van der Waals surface area contributed by atoms with Crippen LogP contribution in [0.4, 0.5) is 5.69 Å². The van der Waals surface area contributed by atoms with Crippen LogP contribution in [0.5, 0.6) is 0 Å². The molecule has 0 radical (unpaired) electrons. The lowest BCUT2D eigenvalue weighted by atomic mass is 10.0. The lowest BCUT2D eigenvalue weighted by Gasteiger charge is -2.12. The van der Waals surface area contributed by atoms with E-state index in [1.165, 1.54) is 23.4 Å². The van der Waals surface area contributed by atoms with Gasteiger partial charge in [0.25, 0.3) is 0 Å². The summed E-state index contributed by atoms with van der Waals surface area (Å²) in [6, 6.07) is 13.0. The van der Waals surface area contributed by atoms with Crippen LogP contribution in [0.3, 0.4) is 0 Å². The number of rotatable bonds is 6. The molecule has 0 aliphatic heterocycles. The molecular weight excluding hydrogens is 232 g/mol. The lowest BCUT2D eigenvalue weighted by molar-refractivity contribution is 0.654. The van der Waals surface area contributed by atoms with Crippen LogP contribution in [0, 0.1) is 0 Å². The van der Waals surface area contributed by atoms with Gasteiger partial charge in [0, 0.05) is 24.1 Å². The van der Waals surface area contributed by atoms with Crippen LogP contribution in [0.15, 0.2) is 42.6 Å². The van der Waals surface area contributed by atoms with Crippen LogP contribution in [0.1, 0.15) is 44.4 Å². The van der Waals surface area contributed by atoms with E-state index in [2.05, 4.69) is 73.3 Å². The molecule has 1 aromatic heterocycles. The van der Waals surface area contributed by atoms with Gasteiger partial charge < -0.3 is 9.88 Å². The maximum Gasteiger partial charge on any atom is 0.0553 e. The molecule has 0 saturated heterocycles. The smallest absolute Gasteiger partial charge is 0.0553 e. The van der Waals surface area contributed by atoms with Crippen molar-refractivity contribution in [2.24, 2.45) is 0 Å². The summed E-state index contributed by atoms with van der Waals surface area (Å²) >= 11 is 0. The number of hydrogen-bond acceptors (Lipinski definition) is 1. The van der Waals surface area contributed by atoms with E-state index >= 15 is 0 Å². The van der Waals surface area contributed by atoms with Gasteiger partial charge in [-0.1, -0.05) is 32.9 Å². The molecule has 1 heterocycles. The Kier molecular flexibility index (Phi) is 4.67. The molecule has 0 atom stereocenters. The van der Waals surface area contributed by atoms with Gasteiger partial charge in [-0.2, -0.15) is 0 Å². The minimum absolute atomic E-state index is 0.575. The van der Waals surface area contributed by atoms with E-state index in [9.17, 15) is 0 Å². The van der Waals surface area contributed by atoms with E-state index in [0.717, 1.165) is 13.1 Å². The summed E-state index contributed by atoms with van der Waals surface area (Å²) in [7, 11) is 0. The van der Waals surface area contributed by atoms with Gasteiger partial charge in [-0.3, -0.25) is 0 Å². The third-order valence-corrected chi connectivity index (χ3v) is 3.41. The molecule has 2 nitrogen and oxygen atoms in total. The number of benzene rings is 1. The topological polar surface area (TPSA) is 17.0 Å². The van der Waals surface area contributed by atoms with Crippen molar-refractivity contribution in [3.63, 3.8) is 0 Å². The Bertz CT molecular complexity index is 511. The van der Waals surface area contributed by atoms with Crippen molar-refractivity contribution in [2.45, 2.75) is 46.2 Å². The average Bonchev–Trinajstić information content (AvgIpc) is 2.85. The van der Waals surface area contributed by atoms with E-state index in [1.54, 1.807) is 0 Å². The zero-order chi connectivity index (χ0) is 13.7. The number of aryl methyl sites for hydroxylation is 1. The number of hydrogen-bond donors (Lipinski definition) is 1. The summed E-state index contributed by atoms with van der Waals surface area (Å²) < 4.78 is 2.32. The van der Waals surface area contributed by atoms with E-state index in [0.29, 0.717) is 5.92 Å². The van der Waals surface area contributed by atoms with Crippen LogP contribution in [-0.2, 0) is 13.1 Å². The fourth-order valence-electron chi connectivity index (χ4n) is 2.27. The van der Waals surface area contributed by atoms with Gasteiger partial charge >= 0.3 is 0 Å². The predicted octanol–water partition coefficient (Wildman–Crippen LogP) is 4.63. The molecule has 0 unspecified atom stereocenters. The van der Waals surface area contributed by atoms with E-state index in [1.807, 2.05) is 0 Å². The van der Waals surface area contributed by atoms with Gasteiger partial charge in [0.1, 0.15) is 0 Å². The van der Waals surface area contributed by atoms with Gasteiger partial charge in [0.15, 0.2) is 0 Å². The Morgan fingerprint density at radius 2 is 2.00 bits per heavy atom. The van der Waals surface area contributed by atoms with Gasteiger partial charge in [-0.15, -0.1) is 0 Å². The van der Waals surface area contributed by atoms with Crippen molar-refractivity contribution in [3.8, 4) is 0 Å². The summed E-state index contributed by atoms with van der Waals surface area (Å²) in [6.07, 6.45) is 3.33. The van der Waals surface area contributed by atoms with Gasteiger partial charge in [0.05, 0.1) is 6.54 Å². The SMILES string of the molecule is CCCn1cccc1CNc1cccc(C(C)C)c1. The molecule has 2 aromatic rings. The van der Waals surface area contributed by atoms with Gasteiger partial charge in [-0.25, -0.2) is 0 Å². The van der Waals surface area contributed by atoms with Crippen molar-refractivity contribution in [2.75, 3.05) is 5.32 Å². The quantitative estimate of drug-likeness (QED) is 0.797. The zero-order valence-electron chi connectivity index (χ0n) is 12.2. The standard InChI is InChI=1S/C17H24N2/c1-4-10-19-11-6-9-17(19)13-18-16-8-5-7-15(12-16)14(2)3/h5-9,11-12,14,18H,4,10,13H2,1-3H3. The molecule has 102 valence electrons. The second kappa shape index (κ2) is 6.46. The normalized spacial score (nSPS) is 10.9. The second-order valence-corrected chi connectivity index (χ2v) is 5.33. The van der Waals surface area contributed by atoms with Crippen molar-refractivity contribution < 1.29 is 0 Å². The molecule has 2 rings (SSSR count). The maximum atomic E-state index is 3.52. The molecule has 0 spiro atoms. The summed E-state index contributed by atoms with van der Waals surface area (Å²) in [5, 5.41) is 3.52. The molecule has 0 amide bonds. The van der Waals surface area contributed by atoms with Crippen molar-refractivity contribution >= 4 is 5.69 Å². The highest BCUT2D eigenvalue weighted by Crippen LogP contribution is 2.19. The summed E-state index contributed by atoms with van der Waals surface area (Å²) in [5.74, 6) is 0.575. The Hall–Kier alpha value is -1.70. The Balaban J connectivity index is 2.02. The highest BCUT2D eigenvalue weighted by molar-refractivity contribution is 5.46. The summed E-state index contributed by atoms with van der Waals surface area (Å²) in [4.78, 5) is 0. The van der Waals surface area contributed by atoms with Gasteiger partial charge in [0.2, 0.25) is 0 Å². The van der Waals surface area contributed by atoms with Crippen LogP contribution in [0.2, 0.25) is 0 Å². The molecule has 0 bridgehead atoms. The fraction of sp³-hybridized carbons (Fsp3) is 0.412. The number of nitrogens with one attached hydrogen (secondary N) is 1. The molecule has 0 saturated carbocycles. The fourth-order valence-corrected chi connectivity index (χ4v) is 2.27. The second-order valence-electron chi connectivity index (χ2n) is 5.33. The van der Waals surface area contributed by atoms with Crippen molar-refractivity contribution in [3.05, 3.63) is 53.9 Å². The number of nitrogens with zero attached hydrogens (tertiary/aromatic N) is 1. The minimum Gasteiger partial charge on any atom is -0.379 e. The maximum absolute atomic E-state index is 3.52. The molecule has 0 aliphatic carbocycles. The third kappa shape index (κ3) is 3.63. The molecule has 2 heteroatoms. The minimum atomic E-state index is 0.575. The largest absolute Gasteiger partial charge is 0.379 e. The van der Waals surface area contributed by atoms with Crippen LogP contribution in [-0.4, -0.2) is 4.57 Å². The van der Waals surface area contributed by atoms with Crippen LogP contribution in [0.25, 0.3) is 0 Å². The summed E-state index contributed by atoms with van der Waals surface area (Å²) in [5.41, 5.74) is 3.93. The third-order valence-electron chi connectivity index (χ3n) is 3.41. The zero-order valence-corrected chi connectivity index (χ0v) is 12.2. The molecule has 1 N–H and O–H groups in total. The molecule has 0 aliphatic rings. The first-order chi connectivity index (χ1) is 9.20. The summed E-state index contributed by atoms with van der Waals surface area (Å²) in [6.45, 7) is 8.64. The highest BCUT2D eigenvalue weighted by atomic mass is 15.0. The van der Waals surface area contributed by atoms with E-state index in [-0.39, 0.29) is 0 Å².